The first-order valence-corrected chi connectivity index (χ1v) is 8.12. The molecule has 0 radical (unpaired) electrons. The summed E-state index contributed by atoms with van der Waals surface area (Å²) in [5, 5.41) is 0. The van der Waals surface area contributed by atoms with Crippen molar-refractivity contribution in [3.8, 4) is 0 Å². The predicted molar refractivity (Wildman–Crippen MR) is 91.9 cm³/mol. The van der Waals surface area contributed by atoms with Gasteiger partial charge in [0.05, 0.1) is 10.5 Å². The second-order valence-corrected chi connectivity index (χ2v) is 7.07. The van der Waals surface area contributed by atoms with Crippen LogP contribution in [-0.2, 0) is 6.54 Å². The number of nitrogens with two attached hydrogens (primary N) is 1. The number of halogens is 1. The number of rotatable bonds is 4. The zero-order valence-electron chi connectivity index (χ0n) is 12.1. The Bertz CT molecular complexity index is 482. The van der Waals surface area contributed by atoms with Crippen molar-refractivity contribution in [2.75, 3.05) is 26.2 Å². The molecule has 1 aliphatic rings. The Morgan fingerprint density at radius 1 is 1.25 bits per heavy atom. The minimum atomic E-state index is -0.186. The second kappa shape index (κ2) is 6.52. The Labute approximate surface area is 135 Å². The van der Waals surface area contributed by atoms with Crippen molar-refractivity contribution in [1.82, 2.24) is 9.80 Å². The summed E-state index contributed by atoms with van der Waals surface area (Å²) in [6, 6.07) is 8.42. The monoisotopic (exact) mass is 355 g/mol. The van der Waals surface area contributed by atoms with Gasteiger partial charge < -0.3 is 5.73 Å². The first-order chi connectivity index (χ1) is 9.41. The lowest BCUT2D eigenvalue weighted by Gasteiger charge is -2.43. The zero-order valence-corrected chi connectivity index (χ0v) is 14.5. The molecule has 1 aromatic carbocycles. The highest BCUT2D eigenvalue weighted by atomic mass is 79.9. The van der Waals surface area contributed by atoms with Crippen LogP contribution in [0, 0.1) is 0 Å². The van der Waals surface area contributed by atoms with Crippen LogP contribution in [0.25, 0.3) is 0 Å². The van der Waals surface area contributed by atoms with Crippen molar-refractivity contribution >= 4 is 33.1 Å². The van der Waals surface area contributed by atoms with E-state index in [1.807, 2.05) is 0 Å². The summed E-state index contributed by atoms with van der Waals surface area (Å²) in [6.45, 7) is 9.32. The lowest BCUT2D eigenvalue weighted by atomic mass is 10.0. The molecule has 2 rings (SSSR count). The fraction of sp³-hybridized carbons (Fsp3) is 0.533. The summed E-state index contributed by atoms with van der Waals surface area (Å²) in [5.74, 6) is 0. The maximum absolute atomic E-state index is 5.85. The highest BCUT2D eigenvalue weighted by molar-refractivity contribution is 9.10. The van der Waals surface area contributed by atoms with Crippen LogP contribution in [0.5, 0.6) is 0 Å². The summed E-state index contributed by atoms with van der Waals surface area (Å²) >= 11 is 8.80. The van der Waals surface area contributed by atoms with E-state index in [-0.39, 0.29) is 5.54 Å². The molecule has 0 amide bonds. The smallest absolute Gasteiger partial charge is 0.0928 e. The van der Waals surface area contributed by atoms with Gasteiger partial charge in [0.1, 0.15) is 0 Å². The van der Waals surface area contributed by atoms with E-state index in [0.717, 1.165) is 32.7 Å². The lowest BCUT2D eigenvalue weighted by molar-refractivity contribution is 0.0820. The Balaban J connectivity index is 1.92. The van der Waals surface area contributed by atoms with Crippen LogP contribution in [0.3, 0.4) is 0 Å². The summed E-state index contributed by atoms with van der Waals surface area (Å²) in [5.41, 5.74) is 7.01. The first kappa shape index (κ1) is 15.9. The number of thiocarbonyl (C=S) groups is 1. The van der Waals surface area contributed by atoms with Gasteiger partial charge in [-0.25, -0.2) is 0 Å². The number of hydrogen-bond donors (Lipinski definition) is 1. The van der Waals surface area contributed by atoms with Crippen molar-refractivity contribution in [1.29, 1.82) is 0 Å². The fourth-order valence-corrected chi connectivity index (χ4v) is 3.03. The first-order valence-electron chi connectivity index (χ1n) is 6.92. The summed E-state index contributed by atoms with van der Waals surface area (Å²) in [6.07, 6.45) is 0. The molecule has 1 saturated heterocycles. The van der Waals surface area contributed by atoms with E-state index in [9.17, 15) is 0 Å². The van der Waals surface area contributed by atoms with Crippen LogP contribution in [0.15, 0.2) is 28.7 Å². The van der Waals surface area contributed by atoms with Crippen LogP contribution in [0.1, 0.15) is 19.4 Å². The molecule has 1 aromatic rings. The van der Waals surface area contributed by atoms with E-state index in [2.05, 4.69) is 63.8 Å². The van der Waals surface area contributed by atoms with Crippen LogP contribution in [0.4, 0.5) is 0 Å². The van der Waals surface area contributed by atoms with Crippen LogP contribution in [0.2, 0.25) is 0 Å². The van der Waals surface area contributed by atoms with Gasteiger partial charge >= 0.3 is 0 Å². The highest BCUT2D eigenvalue weighted by Crippen LogP contribution is 2.21. The molecule has 0 saturated carbocycles. The third kappa shape index (κ3) is 3.58. The van der Waals surface area contributed by atoms with E-state index in [0.29, 0.717) is 4.99 Å². The molecule has 20 heavy (non-hydrogen) atoms. The molecule has 0 aliphatic carbocycles. The number of piperazine rings is 1. The maximum atomic E-state index is 5.85. The van der Waals surface area contributed by atoms with Crippen molar-refractivity contribution < 1.29 is 0 Å². The predicted octanol–water partition coefficient (Wildman–Crippen LogP) is 2.63. The standard InChI is InChI=1S/C15H22BrN3S/c1-15(2,14(17)20)19-9-7-18(8-10-19)11-12-5-3-4-6-13(12)16/h3-6H,7-11H2,1-2H3,(H2,17,20). The zero-order chi connectivity index (χ0) is 14.8. The average Bonchev–Trinajstić information content (AvgIpc) is 2.42. The molecule has 0 aromatic heterocycles. The minimum Gasteiger partial charge on any atom is -0.392 e. The van der Waals surface area contributed by atoms with Crippen molar-refractivity contribution in [3.63, 3.8) is 0 Å². The molecule has 2 N–H and O–H groups in total. The van der Waals surface area contributed by atoms with Crippen LogP contribution in [-0.4, -0.2) is 46.5 Å². The van der Waals surface area contributed by atoms with Gasteiger partial charge in [-0.2, -0.15) is 0 Å². The molecule has 0 unspecified atom stereocenters. The quantitative estimate of drug-likeness (QED) is 0.841. The maximum Gasteiger partial charge on any atom is 0.0928 e. The van der Waals surface area contributed by atoms with Crippen molar-refractivity contribution in [2.24, 2.45) is 5.73 Å². The van der Waals surface area contributed by atoms with Crippen molar-refractivity contribution in [3.05, 3.63) is 34.3 Å². The number of hydrogen-bond acceptors (Lipinski definition) is 3. The Morgan fingerprint density at radius 2 is 1.85 bits per heavy atom. The SMILES string of the molecule is CC(C)(C(N)=S)N1CCN(Cc2ccccc2Br)CC1. The lowest BCUT2D eigenvalue weighted by Crippen LogP contribution is -2.59. The summed E-state index contributed by atoms with van der Waals surface area (Å²) < 4.78 is 1.19. The van der Waals surface area contributed by atoms with Gasteiger partial charge in [-0.1, -0.05) is 46.3 Å². The van der Waals surface area contributed by atoms with Gasteiger partial charge in [0, 0.05) is 37.2 Å². The third-order valence-electron chi connectivity index (χ3n) is 4.12. The van der Waals surface area contributed by atoms with Crippen molar-refractivity contribution in [2.45, 2.75) is 25.9 Å². The van der Waals surface area contributed by atoms with Gasteiger partial charge in [0.25, 0.3) is 0 Å². The van der Waals surface area contributed by atoms with Gasteiger partial charge in [-0.15, -0.1) is 0 Å². The molecule has 1 heterocycles. The second-order valence-electron chi connectivity index (χ2n) is 5.78. The molecule has 1 aliphatic heterocycles. The third-order valence-corrected chi connectivity index (χ3v) is 5.39. The summed E-state index contributed by atoms with van der Waals surface area (Å²) in [4.78, 5) is 5.44. The van der Waals surface area contributed by atoms with Gasteiger partial charge in [0.2, 0.25) is 0 Å². The molecular weight excluding hydrogens is 334 g/mol. The van der Waals surface area contributed by atoms with Gasteiger partial charge in [-0.3, -0.25) is 9.80 Å². The van der Waals surface area contributed by atoms with E-state index in [4.69, 9.17) is 18.0 Å². The van der Waals surface area contributed by atoms with E-state index in [1.54, 1.807) is 0 Å². The minimum absolute atomic E-state index is 0.186. The summed E-state index contributed by atoms with van der Waals surface area (Å²) in [7, 11) is 0. The van der Waals surface area contributed by atoms with Crippen LogP contribution < -0.4 is 5.73 Å². The fourth-order valence-electron chi connectivity index (χ4n) is 2.49. The molecule has 0 atom stereocenters. The van der Waals surface area contributed by atoms with E-state index in [1.165, 1.54) is 10.0 Å². The molecule has 0 spiro atoms. The topological polar surface area (TPSA) is 32.5 Å². The Morgan fingerprint density at radius 3 is 2.40 bits per heavy atom. The molecular formula is C15H22BrN3S. The molecule has 5 heteroatoms. The molecule has 3 nitrogen and oxygen atoms in total. The largest absolute Gasteiger partial charge is 0.392 e. The molecule has 0 bridgehead atoms. The normalized spacial score (nSPS) is 18.1. The highest BCUT2D eigenvalue weighted by Gasteiger charge is 2.32. The Kier molecular flexibility index (Phi) is 5.18. The van der Waals surface area contributed by atoms with Gasteiger partial charge in [0.15, 0.2) is 0 Å². The molecule has 110 valence electrons. The number of benzene rings is 1. The van der Waals surface area contributed by atoms with Crippen LogP contribution >= 0.6 is 28.1 Å². The molecule has 1 fully saturated rings. The average molecular weight is 356 g/mol. The Hall–Kier alpha value is -0.490. The van der Waals surface area contributed by atoms with E-state index < -0.39 is 0 Å². The number of nitrogens with zero attached hydrogens (tertiary/aromatic N) is 2. The van der Waals surface area contributed by atoms with E-state index >= 15 is 0 Å². The van der Waals surface area contributed by atoms with Gasteiger partial charge in [-0.05, 0) is 25.5 Å².